The maximum absolute atomic E-state index is 12.7. The summed E-state index contributed by atoms with van der Waals surface area (Å²) in [4.78, 5) is 24.1. The number of amides is 2. The minimum Gasteiger partial charge on any atom is -0.354 e. The van der Waals surface area contributed by atoms with E-state index in [9.17, 15) is 18.0 Å². The Morgan fingerprint density at radius 3 is 2.81 bits per heavy atom. The number of nitrogens with two attached hydrogens (primary N) is 1. The number of nitrogens with zero attached hydrogens (tertiary/aromatic N) is 1. The molecular formula is C17H25ClN4O4S. The van der Waals surface area contributed by atoms with Crippen LogP contribution in [0.15, 0.2) is 29.2 Å². The molecule has 0 radical (unpaired) electrons. The van der Waals surface area contributed by atoms with Crippen molar-refractivity contribution in [3.8, 4) is 0 Å². The average Bonchev–Trinajstić information content (AvgIpc) is 3.11. The topological polar surface area (TPSA) is 122 Å². The van der Waals surface area contributed by atoms with Gasteiger partial charge < -0.3 is 16.4 Å². The molecule has 2 aliphatic rings. The van der Waals surface area contributed by atoms with Crippen LogP contribution in [0.25, 0.3) is 0 Å². The predicted octanol–water partition coefficient (Wildman–Crippen LogP) is 0.542. The Morgan fingerprint density at radius 2 is 2.11 bits per heavy atom. The largest absolute Gasteiger partial charge is 0.354 e. The van der Waals surface area contributed by atoms with Crippen molar-refractivity contribution in [2.75, 3.05) is 31.5 Å². The van der Waals surface area contributed by atoms with E-state index in [-0.39, 0.29) is 60.6 Å². The van der Waals surface area contributed by atoms with Crippen LogP contribution in [0.2, 0.25) is 0 Å². The lowest BCUT2D eigenvalue weighted by Crippen LogP contribution is -2.49. The molecule has 2 fully saturated rings. The Labute approximate surface area is 165 Å². The zero-order valence-corrected chi connectivity index (χ0v) is 16.5. The molecule has 2 amide bonds. The fraction of sp³-hybridized carbons (Fsp3) is 0.529. The van der Waals surface area contributed by atoms with Gasteiger partial charge in [0.25, 0.3) is 0 Å². The highest BCUT2D eigenvalue weighted by atomic mass is 35.5. The normalized spacial score (nSPS) is 23.4. The Bertz CT molecular complexity index is 802. The Morgan fingerprint density at radius 1 is 1.33 bits per heavy atom. The van der Waals surface area contributed by atoms with Crippen molar-refractivity contribution in [3.05, 3.63) is 24.3 Å². The van der Waals surface area contributed by atoms with E-state index in [0.29, 0.717) is 12.2 Å². The molecule has 1 saturated carbocycles. The fourth-order valence-corrected chi connectivity index (χ4v) is 5.05. The smallest absolute Gasteiger partial charge is 0.243 e. The summed E-state index contributed by atoms with van der Waals surface area (Å²) in [6.45, 7) is 0.796. The molecule has 1 aliphatic heterocycles. The van der Waals surface area contributed by atoms with Crippen LogP contribution in [-0.2, 0) is 19.6 Å². The molecule has 1 saturated heterocycles. The summed E-state index contributed by atoms with van der Waals surface area (Å²) in [6.07, 6.45) is 2.72. The highest BCUT2D eigenvalue weighted by molar-refractivity contribution is 7.89. The summed E-state index contributed by atoms with van der Waals surface area (Å²) < 4.78 is 26.6. The van der Waals surface area contributed by atoms with Crippen LogP contribution in [0, 0.1) is 11.8 Å². The quantitative estimate of drug-likeness (QED) is 0.646. The first-order valence-electron chi connectivity index (χ1n) is 8.79. The lowest BCUT2D eigenvalue weighted by Gasteiger charge is -2.26. The molecule has 4 N–H and O–H groups in total. The highest BCUT2D eigenvalue weighted by Gasteiger charge is 2.32. The zero-order valence-electron chi connectivity index (χ0n) is 14.9. The maximum Gasteiger partial charge on any atom is 0.243 e. The van der Waals surface area contributed by atoms with Gasteiger partial charge in [0, 0.05) is 24.7 Å². The number of rotatable bonds is 5. The summed E-state index contributed by atoms with van der Waals surface area (Å²) in [5.74, 6) is -0.400. The van der Waals surface area contributed by atoms with E-state index < -0.39 is 10.0 Å². The van der Waals surface area contributed by atoms with Crippen LogP contribution in [-0.4, -0.2) is 50.7 Å². The van der Waals surface area contributed by atoms with E-state index in [1.807, 2.05) is 0 Å². The van der Waals surface area contributed by atoms with Gasteiger partial charge in [-0.25, -0.2) is 8.42 Å². The molecule has 150 valence electrons. The molecule has 8 nitrogen and oxygen atoms in total. The second kappa shape index (κ2) is 9.01. The zero-order chi connectivity index (χ0) is 18.7. The molecule has 0 bridgehead atoms. The molecule has 1 aromatic rings. The van der Waals surface area contributed by atoms with Crippen LogP contribution in [0.4, 0.5) is 5.69 Å². The first kappa shape index (κ1) is 21.6. The van der Waals surface area contributed by atoms with Gasteiger partial charge >= 0.3 is 0 Å². The molecule has 27 heavy (non-hydrogen) atoms. The van der Waals surface area contributed by atoms with Crippen molar-refractivity contribution in [1.29, 1.82) is 0 Å². The molecule has 10 heteroatoms. The van der Waals surface area contributed by atoms with E-state index in [1.165, 1.54) is 12.1 Å². The van der Waals surface area contributed by atoms with Gasteiger partial charge in [0.05, 0.1) is 11.4 Å². The molecule has 3 rings (SSSR count). The number of sulfonamides is 1. The monoisotopic (exact) mass is 416 g/mol. The van der Waals surface area contributed by atoms with Gasteiger partial charge in [-0.3, -0.25) is 9.59 Å². The lowest BCUT2D eigenvalue weighted by atomic mass is 9.95. The number of hydrogen-bond donors (Lipinski definition) is 3. The van der Waals surface area contributed by atoms with Crippen molar-refractivity contribution in [1.82, 2.24) is 9.62 Å². The number of carbonyl (C=O) groups is 2. The van der Waals surface area contributed by atoms with Crippen LogP contribution in [0.5, 0.6) is 0 Å². The number of hydrogen-bond acceptors (Lipinski definition) is 5. The molecule has 0 spiro atoms. The second-order valence-corrected chi connectivity index (χ2v) is 8.68. The van der Waals surface area contributed by atoms with E-state index >= 15 is 0 Å². The molecule has 2 atom stereocenters. The summed E-state index contributed by atoms with van der Waals surface area (Å²) in [5.41, 5.74) is 6.16. The number of halogens is 1. The Hall–Kier alpha value is -1.68. The second-order valence-electron chi connectivity index (χ2n) is 6.74. The van der Waals surface area contributed by atoms with Crippen molar-refractivity contribution in [3.63, 3.8) is 0 Å². The first-order valence-corrected chi connectivity index (χ1v) is 10.2. The molecular weight excluding hydrogens is 392 g/mol. The number of piperazine rings is 1. The van der Waals surface area contributed by atoms with Gasteiger partial charge in [0.15, 0.2) is 0 Å². The van der Waals surface area contributed by atoms with Crippen molar-refractivity contribution in [2.45, 2.75) is 24.2 Å². The Balaban J connectivity index is 0.00000261. The van der Waals surface area contributed by atoms with E-state index in [1.54, 1.807) is 12.1 Å². The molecule has 1 heterocycles. The lowest BCUT2D eigenvalue weighted by molar-refractivity contribution is -0.122. The highest BCUT2D eigenvalue weighted by Crippen LogP contribution is 2.32. The summed E-state index contributed by atoms with van der Waals surface area (Å²) in [6, 6.07) is 6.15. The third kappa shape index (κ3) is 4.78. The van der Waals surface area contributed by atoms with E-state index in [0.717, 1.165) is 23.6 Å². The summed E-state index contributed by atoms with van der Waals surface area (Å²) >= 11 is 0. The number of anilines is 1. The predicted molar refractivity (Wildman–Crippen MR) is 104 cm³/mol. The number of benzene rings is 1. The van der Waals surface area contributed by atoms with Crippen LogP contribution in [0.1, 0.15) is 19.3 Å². The van der Waals surface area contributed by atoms with Gasteiger partial charge in [-0.1, -0.05) is 12.5 Å². The molecule has 1 aromatic carbocycles. The van der Waals surface area contributed by atoms with E-state index in [4.69, 9.17) is 5.73 Å². The summed E-state index contributed by atoms with van der Waals surface area (Å²) in [7, 11) is -3.79. The van der Waals surface area contributed by atoms with Gasteiger partial charge in [-0.2, -0.15) is 4.31 Å². The van der Waals surface area contributed by atoms with Gasteiger partial charge in [-0.15, -0.1) is 12.4 Å². The van der Waals surface area contributed by atoms with Crippen LogP contribution in [0.3, 0.4) is 0 Å². The van der Waals surface area contributed by atoms with Crippen LogP contribution >= 0.6 is 12.4 Å². The first-order chi connectivity index (χ1) is 12.4. The Kier molecular flexibility index (Phi) is 7.21. The van der Waals surface area contributed by atoms with Gasteiger partial charge in [0.1, 0.15) is 0 Å². The molecule has 0 unspecified atom stereocenters. The molecule has 1 aliphatic carbocycles. The number of nitrogens with one attached hydrogen (secondary N) is 2. The maximum atomic E-state index is 12.7. The molecule has 0 aromatic heterocycles. The summed E-state index contributed by atoms with van der Waals surface area (Å²) in [5, 5.41) is 5.42. The van der Waals surface area contributed by atoms with Crippen molar-refractivity contribution < 1.29 is 18.0 Å². The van der Waals surface area contributed by atoms with E-state index in [2.05, 4.69) is 10.6 Å². The van der Waals surface area contributed by atoms with Gasteiger partial charge in [-0.05, 0) is 43.5 Å². The third-order valence-electron chi connectivity index (χ3n) is 5.04. The van der Waals surface area contributed by atoms with Crippen LogP contribution < -0.4 is 16.4 Å². The number of carbonyl (C=O) groups excluding carboxylic acids is 2. The van der Waals surface area contributed by atoms with Gasteiger partial charge in [0.2, 0.25) is 21.8 Å². The average molecular weight is 417 g/mol. The van der Waals surface area contributed by atoms with Crippen molar-refractivity contribution in [2.24, 2.45) is 17.6 Å². The minimum absolute atomic E-state index is 0. The van der Waals surface area contributed by atoms with Crippen molar-refractivity contribution >= 4 is 39.9 Å². The third-order valence-corrected chi connectivity index (χ3v) is 6.88. The fourth-order valence-electron chi connectivity index (χ4n) is 3.60. The standard InChI is InChI=1S/C17H24N4O4S.ClH/c18-10-12-3-1-6-15(12)17(23)20-13-4-2-5-14(9-13)26(24,25)21-8-7-19-16(22)11-21;/h2,4-5,9,12,15H,1,3,6-8,10-11,18H2,(H,19,22)(H,20,23);1H/t12-,15-;/m1./s1. The SMILES string of the molecule is Cl.NC[C@H]1CCC[C@H]1C(=O)Nc1cccc(S(=O)(=O)N2CCNC(=O)C2)c1. The minimum atomic E-state index is -3.79.